The fraction of sp³-hybridized carbons (Fsp3) is 0.727. The summed E-state index contributed by atoms with van der Waals surface area (Å²) in [7, 11) is 0. The number of ether oxygens (including phenoxy) is 1. The van der Waals surface area contributed by atoms with Crippen molar-refractivity contribution >= 4 is 5.97 Å². The minimum atomic E-state index is -0.0337. The molecule has 2 rings (SSSR count). The standard InChI is InChI=1S/C11H16O2/c1-2-3-7-10-8-5-4-6-9(8)11(12)13-10/h10H,2-7H2,1H3. The van der Waals surface area contributed by atoms with E-state index in [0.717, 1.165) is 37.7 Å². The highest BCUT2D eigenvalue weighted by molar-refractivity contribution is 5.92. The second kappa shape index (κ2) is 3.52. The van der Waals surface area contributed by atoms with Crippen molar-refractivity contribution in [2.45, 2.75) is 51.6 Å². The van der Waals surface area contributed by atoms with Crippen molar-refractivity contribution in [3.8, 4) is 0 Å². The van der Waals surface area contributed by atoms with E-state index in [9.17, 15) is 4.79 Å². The molecule has 0 N–H and O–H groups in total. The fourth-order valence-electron chi connectivity index (χ4n) is 2.25. The molecular weight excluding hydrogens is 164 g/mol. The molecule has 1 heterocycles. The lowest BCUT2D eigenvalue weighted by atomic mass is 10.0. The van der Waals surface area contributed by atoms with Crippen molar-refractivity contribution < 1.29 is 9.53 Å². The van der Waals surface area contributed by atoms with Gasteiger partial charge >= 0.3 is 5.97 Å². The summed E-state index contributed by atoms with van der Waals surface area (Å²) in [5.41, 5.74) is 2.32. The minimum Gasteiger partial charge on any atom is -0.454 e. The normalized spacial score (nSPS) is 26.5. The molecule has 0 aromatic carbocycles. The van der Waals surface area contributed by atoms with Gasteiger partial charge in [0.05, 0.1) is 0 Å². The molecule has 0 saturated heterocycles. The van der Waals surface area contributed by atoms with Gasteiger partial charge in [-0.2, -0.15) is 0 Å². The highest BCUT2D eigenvalue weighted by atomic mass is 16.5. The predicted octanol–water partition coefficient (Wildman–Crippen LogP) is 2.58. The lowest BCUT2D eigenvalue weighted by molar-refractivity contribution is -0.140. The van der Waals surface area contributed by atoms with Crippen molar-refractivity contribution in [3.05, 3.63) is 11.1 Å². The summed E-state index contributed by atoms with van der Waals surface area (Å²) in [6.45, 7) is 2.17. The number of unbranched alkanes of at least 4 members (excludes halogenated alkanes) is 1. The van der Waals surface area contributed by atoms with E-state index in [1.807, 2.05) is 0 Å². The molecule has 0 aromatic heterocycles. The van der Waals surface area contributed by atoms with Crippen LogP contribution >= 0.6 is 0 Å². The Balaban J connectivity index is 2.03. The van der Waals surface area contributed by atoms with Crippen LogP contribution in [0.3, 0.4) is 0 Å². The van der Waals surface area contributed by atoms with Gasteiger partial charge in [0.15, 0.2) is 0 Å². The van der Waals surface area contributed by atoms with Crippen molar-refractivity contribution in [2.24, 2.45) is 0 Å². The van der Waals surface area contributed by atoms with Crippen LogP contribution in [0.15, 0.2) is 11.1 Å². The minimum absolute atomic E-state index is 0.0337. The summed E-state index contributed by atoms with van der Waals surface area (Å²) in [5.74, 6) is -0.0337. The predicted molar refractivity (Wildman–Crippen MR) is 50.3 cm³/mol. The molecule has 0 spiro atoms. The Morgan fingerprint density at radius 3 is 3.08 bits per heavy atom. The molecule has 72 valence electrons. The van der Waals surface area contributed by atoms with Gasteiger partial charge in [0.2, 0.25) is 0 Å². The quantitative estimate of drug-likeness (QED) is 0.624. The van der Waals surface area contributed by atoms with Crippen LogP contribution in [-0.2, 0) is 9.53 Å². The first-order valence-corrected chi connectivity index (χ1v) is 5.26. The summed E-state index contributed by atoms with van der Waals surface area (Å²) < 4.78 is 5.32. The van der Waals surface area contributed by atoms with Crippen LogP contribution in [0, 0.1) is 0 Å². The van der Waals surface area contributed by atoms with Crippen LogP contribution in [0.1, 0.15) is 45.4 Å². The van der Waals surface area contributed by atoms with Crippen LogP contribution < -0.4 is 0 Å². The molecule has 1 aliphatic heterocycles. The highest BCUT2D eigenvalue weighted by Crippen LogP contribution is 2.37. The molecule has 1 atom stereocenters. The Bertz CT molecular complexity index is 253. The van der Waals surface area contributed by atoms with Crippen LogP contribution in [0.4, 0.5) is 0 Å². The van der Waals surface area contributed by atoms with Crippen LogP contribution in [0.25, 0.3) is 0 Å². The highest BCUT2D eigenvalue weighted by Gasteiger charge is 2.35. The SMILES string of the molecule is CCCCC1OC(=O)C2=C1CCC2. The Hall–Kier alpha value is -0.790. The number of rotatable bonds is 3. The van der Waals surface area contributed by atoms with Crippen molar-refractivity contribution in [1.29, 1.82) is 0 Å². The summed E-state index contributed by atoms with van der Waals surface area (Å²) in [5, 5.41) is 0. The third kappa shape index (κ3) is 1.50. The largest absolute Gasteiger partial charge is 0.454 e. The number of cyclic esters (lactones) is 1. The Labute approximate surface area is 79.0 Å². The second-order valence-electron chi connectivity index (χ2n) is 3.89. The molecule has 0 bridgehead atoms. The van der Waals surface area contributed by atoms with Crippen LogP contribution in [0.5, 0.6) is 0 Å². The number of hydrogen-bond donors (Lipinski definition) is 0. The van der Waals surface area contributed by atoms with Gasteiger partial charge in [0.25, 0.3) is 0 Å². The van der Waals surface area contributed by atoms with Crippen LogP contribution in [0.2, 0.25) is 0 Å². The number of esters is 1. The maximum absolute atomic E-state index is 11.3. The third-order valence-corrected chi connectivity index (χ3v) is 2.96. The molecule has 1 unspecified atom stereocenters. The first-order valence-electron chi connectivity index (χ1n) is 5.26. The van der Waals surface area contributed by atoms with E-state index in [1.165, 1.54) is 12.0 Å². The second-order valence-corrected chi connectivity index (χ2v) is 3.89. The monoisotopic (exact) mass is 180 g/mol. The maximum atomic E-state index is 11.3. The van der Waals surface area contributed by atoms with Crippen molar-refractivity contribution in [3.63, 3.8) is 0 Å². The molecule has 0 radical (unpaired) electrons. The molecule has 2 heteroatoms. The van der Waals surface area contributed by atoms with Crippen LogP contribution in [-0.4, -0.2) is 12.1 Å². The molecule has 0 aromatic rings. The maximum Gasteiger partial charge on any atom is 0.334 e. The summed E-state index contributed by atoms with van der Waals surface area (Å²) >= 11 is 0. The van der Waals surface area contributed by atoms with Gasteiger partial charge in [-0.3, -0.25) is 0 Å². The van der Waals surface area contributed by atoms with Crippen molar-refractivity contribution in [2.75, 3.05) is 0 Å². The molecule has 0 fully saturated rings. The van der Waals surface area contributed by atoms with E-state index < -0.39 is 0 Å². The summed E-state index contributed by atoms with van der Waals surface area (Å²) in [4.78, 5) is 11.3. The summed E-state index contributed by atoms with van der Waals surface area (Å²) in [6.07, 6.45) is 6.71. The van der Waals surface area contributed by atoms with Gasteiger partial charge in [-0.05, 0) is 37.7 Å². The molecule has 0 saturated carbocycles. The average molecular weight is 180 g/mol. The summed E-state index contributed by atoms with van der Waals surface area (Å²) in [6, 6.07) is 0. The van der Waals surface area contributed by atoms with Gasteiger partial charge in [0, 0.05) is 5.57 Å². The first kappa shape index (κ1) is 8.79. The zero-order valence-corrected chi connectivity index (χ0v) is 8.14. The molecule has 1 aliphatic carbocycles. The third-order valence-electron chi connectivity index (χ3n) is 2.96. The molecule has 13 heavy (non-hydrogen) atoms. The number of carbonyl (C=O) groups excluding carboxylic acids is 1. The van der Waals surface area contributed by atoms with Crippen molar-refractivity contribution in [1.82, 2.24) is 0 Å². The number of carbonyl (C=O) groups is 1. The average Bonchev–Trinajstić information content (AvgIpc) is 2.67. The van der Waals surface area contributed by atoms with Gasteiger partial charge in [0.1, 0.15) is 6.10 Å². The molecule has 0 amide bonds. The topological polar surface area (TPSA) is 26.3 Å². The van der Waals surface area contributed by atoms with E-state index in [0.29, 0.717) is 0 Å². The first-order chi connectivity index (χ1) is 6.33. The molecular formula is C11H16O2. The zero-order chi connectivity index (χ0) is 9.26. The van der Waals surface area contributed by atoms with Gasteiger partial charge in [-0.15, -0.1) is 0 Å². The number of hydrogen-bond acceptors (Lipinski definition) is 2. The lowest BCUT2D eigenvalue weighted by Gasteiger charge is -2.12. The Kier molecular flexibility index (Phi) is 2.38. The lowest BCUT2D eigenvalue weighted by Crippen LogP contribution is -2.12. The van der Waals surface area contributed by atoms with E-state index in [1.54, 1.807) is 0 Å². The fourth-order valence-corrected chi connectivity index (χ4v) is 2.25. The van der Waals surface area contributed by atoms with E-state index in [2.05, 4.69) is 6.92 Å². The van der Waals surface area contributed by atoms with E-state index >= 15 is 0 Å². The van der Waals surface area contributed by atoms with Gasteiger partial charge in [-0.1, -0.05) is 13.3 Å². The zero-order valence-electron chi connectivity index (χ0n) is 8.14. The molecule has 2 nitrogen and oxygen atoms in total. The smallest absolute Gasteiger partial charge is 0.334 e. The van der Waals surface area contributed by atoms with Gasteiger partial charge in [-0.25, -0.2) is 4.79 Å². The Morgan fingerprint density at radius 1 is 1.46 bits per heavy atom. The Morgan fingerprint density at radius 2 is 2.31 bits per heavy atom. The molecule has 2 aliphatic rings. The van der Waals surface area contributed by atoms with E-state index in [4.69, 9.17) is 4.74 Å². The van der Waals surface area contributed by atoms with Gasteiger partial charge < -0.3 is 4.74 Å². The van der Waals surface area contributed by atoms with E-state index in [-0.39, 0.29) is 12.1 Å².